The molecule has 1 heterocycles. The van der Waals surface area contributed by atoms with Gasteiger partial charge in [-0.3, -0.25) is 9.59 Å². The average molecular weight is 476 g/mol. The van der Waals surface area contributed by atoms with Crippen molar-refractivity contribution in [3.63, 3.8) is 0 Å². The smallest absolute Gasteiger partial charge is 0.243 e. The number of anilines is 2. The highest BCUT2D eigenvalue weighted by atomic mass is 32.2. The second kappa shape index (κ2) is 11.0. The second-order valence-electron chi connectivity index (χ2n) is 8.07. The number of carbonyl (C=O) groups excluding carboxylic acids is 2. The van der Waals surface area contributed by atoms with Crippen molar-refractivity contribution in [1.82, 2.24) is 4.31 Å². The molecule has 2 aromatic carbocycles. The van der Waals surface area contributed by atoms with E-state index in [0.29, 0.717) is 24.7 Å². The zero-order valence-electron chi connectivity index (χ0n) is 18.3. The van der Waals surface area contributed by atoms with Gasteiger partial charge in [0.1, 0.15) is 0 Å². The van der Waals surface area contributed by atoms with E-state index in [-0.39, 0.29) is 28.2 Å². The molecule has 0 radical (unpaired) electrons. The molecule has 172 valence electrons. The Morgan fingerprint density at radius 3 is 1.88 bits per heavy atom. The first-order valence-corrected chi connectivity index (χ1v) is 13.2. The van der Waals surface area contributed by atoms with Gasteiger partial charge in [0.15, 0.2) is 0 Å². The van der Waals surface area contributed by atoms with Crippen LogP contribution in [-0.4, -0.2) is 49.1 Å². The summed E-state index contributed by atoms with van der Waals surface area (Å²) < 4.78 is 27.1. The lowest BCUT2D eigenvalue weighted by molar-refractivity contribution is -0.114. The largest absolute Gasteiger partial charge is 0.325 e. The molecule has 7 nitrogen and oxygen atoms in total. The first kappa shape index (κ1) is 24.3. The third-order valence-electron chi connectivity index (χ3n) is 5.32. The molecule has 2 aromatic rings. The number of piperidine rings is 1. The van der Waals surface area contributed by atoms with Gasteiger partial charge < -0.3 is 10.6 Å². The van der Waals surface area contributed by atoms with Crippen LogP contribution in [0.15, 0.2) is 53.4 Å². The van der Waals surface area contributed by atoms with Gasteiger partial charge in [-0.25, -0.2) is 8.42 Å². The zero-order chi connectivity index (χ0) is 23.1. The number of rotatable bonds is 8. The molecule has 3 rings (SSSR count). The molecule has 2 N–H and O–H groups in total. The molecular weight excluding hydrogens is 446 g/mol. The van der Waals surface area contributed by atoms with E-state index >= 15 is 0 Å². The van der Waals surface area contributed by atoms with Crippen LogP contribution in [-0.2, 0) is 19.6 Å². The van der Waals surface area contributed by atoms with Crippen molar-refractivity contribution in [2.24, 2.45) is 5.92 Å². The molecule has 0 unspecified atom stereocenters. The molecule has 1 aliphatic rings. The Morgan fingerprint density at radius 2 is 1.38 bits per heavy atom. The van der Waals surface area contributed by atoms with Crippen molar-refractivity contribution in [1.29, 1.82) is 0 Å². The number of aryl methyl sites for hydroxylation is 1. The molecule has 0 aliphatic carbocycles. The summed E-state index contributed by atoms with van der Waals surface area (Å²) in [5.41, 5.74) is 2.35. The first-order chi connectivity index (χ1) is 15.2. The summed E-state index contributed by atoms with van der Waals surface area (Å²) in [4.78, 5) is 24.4. The predicted molar refractivity (Wildman–Crippen MR) is 129 cm³/mol. The Hall–Kier alpha value is -2.36. The fourth-order valence-electron chi connectivity index (χ4n) is 3.35. The van der Waals surface area contributed by atoms with Crippen molar-refractivity contribution in [2.75, 3.05) is 35.2 Å². The van der Waals surface area contributed by atoms with E-state index in [0.717, 1.165) is 24.1 Å². The number of hydrogen-bond donors (Lipinski definition) is 2. The van der Waals surface area contributed by atoms with Crippen LogP contribution in [0.3, 0.4) is 0 Å². The summed E-state index contributed by atoms with van der Waals surface area (Å²) in [6.45, 7) is 5.19. The third-order valence-corrected chi connectivity index (χ3v) is 8.17. The number of amides is 2. The number of carbonyl (C=O) groups is 2. The van der Waals surface area contributed by atoms with Crippen LogP contribution in [0.2, 0.25) is 0 Å². The van der Waals surface area contributed by atoms with E-state index in [4.69, 9.17) is 0 Å². The minimum atomic E-state index is -3.51. The van der Waals surface area contributed by atoms with E-state index in [1.54, 1.807) is 12.1 Å². The maximum atomic E-state index is 12.8. The fraction of sp³-hybridized carbons (Fsp3) is 0.391. The highest BCUT2D eigenvalue weighted by Crippen LogP contribution is 2.24. The van der Waals surface area contributed by atoms with Crippen LogP contribution in [0.25, 0.3) is 0 Å². The highest BCUT2D eigenvalue weighted by molar-refractivity contribution is 8.00. The van der Waals surface area contributed by atoms with Crippen molar-refractivity contribution < 1.29 is 18.0 Å². The van der Waals surface area contributed by atoms with Gasteiger partial charge in [-0.05, 0) is 62.1 Å². The third kappa shape index (κ3) is 6.82. The van der Waals surface area contributed by atoms with E-state index in [9.17, 15) is 18.0 Å². The fourth-order valence-corrected chi connectivity index (χ4v) is 5.44. The van der Waals surface area contributed by atoms with Gasteiger partial charge in [-0.15, -0.1) is 11.8 Å². The normalized spacial score (nSPS) is 15.3. The minimum Gasteiger partial charge on any atom is -0.325 e. The van der Waals surface area contributed by atoms with Crippen molar-refractivity contribution in [3.8, 4) is 0 Å². The van der Waals surface area contributed by atoms with Crippen LogP contribution >= 0.6 is 11.8 Å². The summed E-state index contributed by atoms with van der Waals surface area (Å²) >= 11 is 1.21. The Balaban J connectivity index is 1.44. The van der Waals surface area contributed by atoms with E-state index in [1.807, 2.05) is 31.2 Å². The highest BCUT2D eigenvalue weighted by Gasteiger charge is 2.27. The predicted octanol–water partition coefficient (Wildman–Crippen LogP) is 3.73. The molecule has 0 bridgehead atoms. The van der Waals surface area contributed by atoms with Gasteiger partial charge in [-0.1, -0.05) is 24.6 Å². The topological polar surface area (TPSA) is 95.6 Å². The van der Waals surface area contributed by atoms with Crippen LogP contribution < -0.4 is 10.6 Å². The summed E-state index contributed by atoms with van der Waals surface area (Å²) in [5, 5.41) is 5.53. The van der Waals surface area contributed by atoms with Crippen LogP contribution in [0.4, 0.5) is 11.4 Å². The van der Waals surface area contributed by atoms with Gasteiger partial charge >= 0.3 is 0 Å². The maximum Gasteiger partial charge on any atom is 0.243 e. The van der Waals surface area contributed by atoms with E-state index in [1.165, 1.54) is 28.2 Å². The minimum absolute atomic E-state index is 0.118. The molecule has 1 fully saturated rings. The Kier molecular flexibility index (Phi) is 8.33. The van der Waals surface area contributed by atoms with Gasteiger partial charge in [-0.2, -0.15) is 4.31 Å². The molecule has 0 spiro atoms. The maximum absolute atomic E-state index is 12.8. The van der Waals surface area contributed by atoms with Gasteiger partial charge in [0.05, 0.1) is 16.4 Å². The quantitative estimate of drug-likeness (QED) is 0.607. The summed E-state index contributed by atoms with van der Waals surface area (Å²) in [6, 6.07) is 13.7. The van der Waals surface area contributed by atoms with Crippen molar-refractivity contribution in [3.05, 3.63) is 54.1 Å². The number of benzene rings is 2. The summed E-state index contributed by atoms with van der Waals surface area (Å²) in [6.07, 6.45) is 1.74. The van der Waals surface area contributed by atoms with Crippen molar-refractivity contribution in [2.45, 2.75) is 31.6 Å². The lowest BCUT2D eigenvalue weighted by Crippen LogP contribution is -2.37. The molecule has 2 amide bonds. The molecule has 32 heavy (non-hydrogen) atoms. The Morgan fingerprint density at radius 1 is 0.906 bits per heavy atom. The SMILES string of the molecule is Cc1ccc(NC(=O)CSCC(=O)Nc2ccc(S(=O)(=O)N3CCC(C)CC3)cc2)cc1. The van der Waals surface area contributed by atoms with Crippen LogP contribution in [0.1, 0.15) is 25.3 Å². The van der Waals surface area contributed by atoms with E-state index < -0.39 is 10.0 Å². The number of thioether (sulfide) groups is 1. The first-order valence-electron chi connectivity index (χ1n) is 10.6. The molecule has 0 atom stereocenters. The van der Waals surface area contributed by atoms with Crippen LogP contribution in [0.5, 0.6) is 0 Å². The van der Waals surface area contributed by atoms with Gasteiger partial charge in [0.2, 0.25) is 21.8 Å². The number of nitrogens with zero attached hydrogens (tertiary/aromatic N) is 1. The number of sulfonamides is 1. The molecule has 0 aromatic heterocycles. The van der Waals surface area contributed by atoms with Crippen molar-refractivity contribution >= 4 is 45.0 Å². The molecule has 1 aliphatic heterocycles. The molecule has 0 saturated carbocycles. The summed E-state index contributed by atoms with van der Waals surface area (Å²) in [5.74, 6) is 0.401. The molecule has 1 saturated heterocycles. The number of hydrogen-bond acceptors (Lipinski definition) is 5. The number of nitrogens with one attached hydrogen (secondary N) is 2. The van der Waals surface area contributed by atoms with E-state index in [2.05, 4.69) is 17.6 Å². The Labute approximate surface area is 194 Å². The summed E-state index contributed by atoms with van der Waals surface area (Å²) in [7, 11) is -3.51. The lowest BCUT2D eigenvalue weighted by atomic mass is 10.0. The van der Waals surface area contributed by atoms with Gasteiger partial charge in [0.25, 0.3) is 0 Å². The van der Waals surface area contributed by atoms with Gasteiger partial charge in [0, 0.05) is 24.5 Å². The molecule has 9 heteroatoms. The molecular formula is C23H29N3O4S2. The average Bonchev–Trinajstić information content (AvgIpc) is 2.76. The standard InChI is InChI=1S/C23H29N3O4S2/c1-17-3-5-19(6-4-17)24-22(27)15-31-16-23(28)25-20-7-9-21(10-8-20)32(29,30)26-13-11-18(2)12-14-26/h3-10,18H,11-16H2,1-2H3,(H,24,27)(H,25,28). The monoisotopic (exact) mass is 475 g/mol. The van der Waals surface area contributed by atoms with Crippen LogP contribution in [0, 0.1) is 12.8 Å². The lowest BCUT2D eigenvalue weighted by Gasteiger charge is -2.29. The zero-order valence-corrected chi connectivity index (χ0v) is 20.0. The second-order valence-corrected chi connectivity index (χ2v) is 11.0. The Bertz CT molecular complexity index is 1030.